The molecule has 3 rings (SSSR count). The van der Waals surface area contributed by atoms with E-state index in [9.17, 15) is 14.0 Å². The number of hydrogen-bond donors (Lipinski definition) is 0. The fourth-order valence-electron chi connectivity index (χ4n) is 4.06. The number of carbonyl (C=O) groups excluding carboxylic acids is 2. The van der Waals surface area contributed by atoms with Gasteiger partial charge >= 0.3 is 11.9 Å². The largest absolute Gasteiger partial charge is 0.469 e. The molecule has 0 radical (unpaired) electrons. The van der Waals surface area contributed by atoms with Crippen LogP contribution >= 0.6 is 0 Å². The van der Waals surface area contributed by atoms with Gasteiger partial charge in [0.15, 0.2) is 0 Å². The summed E-state index contributed by atoms with van der Waals surface area (Å²) in [5, 5.41) is 1.45. The van der Waals surface area contributed by atoms with Crippen molar-refractivity contribution in [2.24, 2.45) is 5.92 Å². The van der Waals surface area contributed by atoms with Crippen molar-refractivity contribution in [2.75, 3.05) is 20.8 Å². The van der Waals surface area contributed by atoms with E-state index in [4.69, 9.17) is 14.2 Å². The summed E-state index contributed by atoms with van der Waals surface area (Å²) in [6.07, 6.45) is 3.71. The third kappa shape index (κ3) is 7.12. The summed E-state index contributed by atoms with van der Waals surface area (Å²) in [5.41, 5.74) is 2.56. The highest BCUT2D eigenvalue weighted by Gasteiger charge is 2.13. The van der Waals surface area contributed by atoms with Gasteiger partial charge in [-0.15, -0.1) is 0 Å². The normalized spacial score (nSPS) is 11.9. The number of halogens is 1. The number of ether oxygens (including phenoxy) is 3. The molecule has 5 nitrogen and oxygen atoms in total. The Hall–Kier alpha value is -3.25. The SMILES string of the molecule is COC(=O)CCCCC(COCc1ccc(F)c2ccccc12)Cc1ccc(C(=O)OC)cc1. The van der Waals surface area contributed by atoms with Gasteiger partial charge in [0, 0.05) is 11.8 Å². The van der Waals surface area contributed by atoms with Crippen molar-refractivity contribution >= 4 is 22.7 Å². The monoisotopic (exact) mass is 466 g/mol. The number of fused-ring (bicyclic) bond motifs is 1. The van der Waals surface area contributed by atoms with Crippen molar-refractivity contribution in [2.45, 2.75) is 38.7 Å². The lowest BCUT2D eigenvalue weighted by Crippen LogP contribution is -2.14. The molecule has 6 heteroatoms. The van der Waals surface area contributed by atoms with Crippen LogP contribution in [0.4, 0.5) is 4.39 Å². The van der Waals surface area contributed by atoms with Gasteiger partial charge in [-0.1, -0.05) is 48.9 Å². The van der Waals surface area contributed by atoms with Gasteiger partial charge in [-0.2, -0.15) is 0 Å². The molecular weight excluding hydrogens is 435 g/mol. The number of unbranched alkanes of at least 4 members (excludes halogenated alkanes) is 1. The molecule has 0 amide bonds. The van der Waals surface area contributed by atoms with E-state index >= 15 is 0 Å². The van der Waals surface area contributed by atoms with Crippen LogP contribution in [0.5, 0.6) is 0 Å². The molecule has 0 spiro atoms. The van der Waals surface area contributed by atoms with Crippen LogP contribution in [0.25, 0.3) is 10.8 Å². The second kappa shape index (κ2) is 12.8. The Bertz CT molecular complexity index is 1090. The van der Waals surface area contributed by atoms with Crippen molar-refractivity contribution in [3.8, 4) is 0 Å². The molecule has 0 N–H and O–H groups in total. The molecule has 1 unspecified atom stereocenters. The van der Waals surface area contributed by atoms with Crippen molar-refractivity contribution in [1.29, 1.82) is 0 Å². The zero-order valence-electron chi connectivity index (χ0n) is 19.7. The van der Waals surface area contributed by atoms with Gasteiger partial charge < -0.3 is 14.2 Å². The average molecular weight is 467 g/mol. The molecule has 0 aromatic heterocycles. The van der Waals surface area contributed by atoms with E-state index in [1.54, 1.807) is 24.3 Å². The number of carbonyl (C=O) groups is 2. The maximum Gasteiger partial charge on any atom is 0.337 e. The van der Waals surface area contributed by atoms with Gasteiger partial charge in [0.1, 0.15) is 5.82 Å². The third-order valence-electron chi connectivity index (χ3n) is 5.94. The highest BCUT2D eigenvalue weighted by molar-refractivity contribution is 5.89. The van der Waals surface area contributed by atoms with Crippen LogP contribution in [-0.4, -0.2) is 32.8 Å². The molecule has 3 aromatic rings. The fourth-order valence-corrected chi connectivity index (χ4v) is 4.06. The summed E-state index contributed by atoms with van der Waals surface area (Å²) < 4.78 is 29.7. The highest BCUT2D eigenvalue weighted by Crippen LogP contribution is 2.24. The maximum absolute atomic E-state index is 14.1. The van der Waals surface area contributed by atoms with E-state index in [-0.39, 0.29) is 23.7 Å². The lowest BCUT2D eigenvalue weighted by Gasteiger charge is -2.18. The molecule has 0 aliphatic carbocycles. The third-order valence-corrected chi connectivity index (χ3v) is 5.94. The molecule has 0 heterocycles. The summed E-state index contributed by atoms with van der Waals surface area (Å²) in [4.78, 5) is 23.1. The van der Waals surface area contributed by atoms with E-state index in [0.717, 1.165) is 42.2 Å². The van der Waals surface area contributed by atoms with Crippen molar-refractivity contribution in [1.82, 2.24) is 0 Å². The zero-order valence-corrected chi connectivity index (χ0v) is 19.7. The number of benzene rings is 3. The topological polar surface area (TPSA) is 61.8 Å². The van der Waals surface area contributed by atoms with Gasteiger partial charge in [0.25, 0.3) is 0 Å². The molecule has 0 fully saturated rings. The smallest absolute Gasteiger partial charge is 0.337 e. The van der Waals surface area contributed by atoms with Crippen molar-refractivity contribution in [3.05, 3.63) is 83.2 Å². The molecule has 0 aliphatic rings. The van der Waals surface area contributed by atoms with Crippen LogP contribution in [0, 0.1) is 11.7 Å². The van der Waals surface area contributed by atoms with E-state index in [1.165, 1.54) is 20.3 Å². The minimum atomic E-state index is -0.360. The summed E-state index contributed by atoms with van der Waals surface area (Å²) in [6, 6.07) is 18.0. The van der Waals surface area contributed by atoms with Gasteiger partial charge in [0.05, 0.1) is 33.0 Å². The Balaban J connectivity index is 1.63. The van der Waals surface area contributed by atoms with Crippen LogP contribution in [0.2, 0.25) is 0 Å². The molecule has 180 valence electrons. The van der Waals surface area contributed by atoms with Gasteiger partial charge in [-0.3, -0.25) is 4.79 Å². The van der Waals surface area contributed by atoms with Crippen molar-refractivity contribution in [3.63, 3.8) is 0 Å². The molecule has 0 saturated heterocycles. The Morgan fingerprint density at radius 3 is 2.32 bits per heavy atom. The number of rotatable bonds is 12. The van der Waals surface area contributed by atoms with Crippen LogP contribution in [0.1, 0.15) is 47.2 Å². The second-order valence-corrected chi connectivity index (χ2v) is 8.35. The summed E-state index contributed by atoms with van der Waals surface area (Å²) in [6.45, 7) is 0.920. The maximum atomic E-state index is 14.1. The average Bonchev–Trinajstić information content (AvgIpc) is 2.87. The molecule has 0 aliphatic heterocycles. The van der Waals surface area contributed by atoms with Crippen LogP contribution in [0.3, 0.4) is 0 Å². The molecular formula is C28H31FO5. The van der Waals surface area contributed by atoms with Crippen molar-refractivity contribution < 1.29 is 28.2 Å². The van der Waals surface area contributed by atoms with E-state index < -0.39 is 0 Å². The van der Waals surface area contributed by atoms with E-state index in [0.29, 0.717) is 30.6 Å². The Morgan fingerprint density at radius 2 is 1.62 bits per heavy atom. The second-order valence-electron chi connectivity index (χ2n) is 8.35. The summed E-state index contributed by atoms with van der Waals surface area (Å²) >= 11 is 0. The Labute approximate surface area is 199 Å². The van der Waals surface area contributed by atoms with E-state index in [2.05, 4.69) is 0 Å². The Morgan fingerprint density at radius 1 is 0.882 bits per heavy atom. The molecule has 0 saturated carbocycles. The van der Waals surface area contributed by atoms with Crippen LogP contribution < -0.4 is 0 Å². The number of hydrogen-bond acceptors (Lipinski definition) is 5. The van der Waals surface area contributed by atoms with E-state index in [1.807, 2.05) is 30.3 Å². The minimum absolute atomic E-state index is 0.200. The van der Waals surface area contributed by atoms with Crippen LogP contribution in [-0.2, 0) is 32.0 Å². The summed E-state index contributed by atoms with van der Waals surface area (Å²) in [5.74, 6) is -0.568. The minimum Gasteiger partial charge on any atom is -0.469 e. The molecule has 34 heavy (non-hydrogen) atoms. The first-order chi connectivity index (χ1) is 16.5. The quantitative estimate of drug-likeness (QED) is 0.247. The first-order valence-corrected chi connectivity index (χ1v) is 11.5. The zero-order chi connectivity index (χ0) is 24.3. The molecule has 1 atom stereocenters. The number of methoxy groups -OCH3 is 2. The first kappa shape index (κ1) is 25.4. The highest BCUT2D eigenvalue weighted by atomic mass is 19.1. The first-order valence-electron chi connectivity index (χ1n) is 11.5. The van der Waals surface area contributed by atoms with Gasteiger partial charge in [-0.25, -0.2) is 9.18 Å². The Kier molecular flexibility index (Phi) is 9.59. The number of esters is 2. The van der Waals surface area contributed by atoms with Gasteiger partial charge in [0.2, 0.25) is 0 Å². The van der Waals surface area contributed by atoms with Crippen LogP contribution in [0.15, 0.2) is 60.7 Å². The predicted molar refractivity (Wildman–Crippen MR) is 129 cm³/mol. The van der Waals surface area contributed by atoms with Gasteiger partial charge in [-0.05, 0) is 59.9 Å². The fraction of sp³-hybridized carbons (Fsp3) is 0.357. The summed E-state index contributed by atoms with van der Waals surface area (Å²) in [7, 11) is 2.76. The lowest BCUT2D eigenvalue weighted by atomic mass is 9.94. The standard InChI is InChI=1S/C28H31FO5/c1-32-27(30)10-6-3-7-21(17-20-11-13-22(14-12-20)28(31)33-2)18-34-19-23-15-16-26(29)25-9-5-4-8-24(23)25/h4-5,8-9,11-16,21H,3,6-7,10,17-19H2,1-2H3. The molecule has 3 aromatic carbocycles. The lowest BCUT2D eigenvalue weighted by molar-refractivity contribution is -0.140. The molecule has 0 bridgehead atoms. The predicted octanol–water partition coefficient (Wildman–Crippen LogP) is 5.87.